The van der Waals surface area contributed by atoms with Crippen molar-refractivity contribution in [2.75, 3.05) is 0 Å². The second-order valence-corrected chi connectivity index (χ2v) is 8.65. The minimum atomic E-state index is -0.915. The minimum absolute atomic E-state index is 0.267. The van der Waals surface area contributed by atoms with Gasteiger partial charge in [0, 0.05) is 16.5 Å². The van der Waals surface area contributed by atoms with Crippen molar-refractivity contribution >= 4 is 52.8 Å². The Kier molecular flexibility index (Phi) is 9.33. The highest BCUT2D eigenvalue weighted by Gasteiger charge is 2.25. The molecule has 0 aromatic heterocycles. The normalized spacial score (nSPS) is 12.7. The lowest BCUT2D eigenvalue weighted by Crippen LogP contribution is -2.50. The minimum Gasteiger partial charge on any atom is -0.479 e. The van der Waals surface area contributed by atoms with Gasteiger partial charge in [0.2, 0.25) is 0 Å². The van der Waals surface area contributed by atoms with Gasteiger partial charge in [0.15, 0.2) is 6.10 Å². The molecule has 6 nitrogen and oxygen atoms in total. The van der Waals surface area contributed by atoms with Crippen molar-refractivity contribution in [1.82, 2.24) is 10.7 Å². The van der Waals surface area contributed by atoms with Gasteiger partial charge in [-0.2, -0.15) is 5.10 Å². The van der Waals surface area contributed by atoms with E-state index in [1.807, 2.05) is 30.3 Å². The van der Waals surface area contributed by atoms with Crippen LogP contribution in [0.4, 0.5) is 0 Å². The maximum absolute atomic E-state index is 12.9. The summed E-state index contributed by atoms with van der Waals surface area (Å²) in [7, 11) is 0. The van der Waals surface area contributed by atoms with Crippen molar-refractivity contribution in [2.24, 2.45) is 5.10 Å². The monoisotopic (exact) mass is 517 g/mol. The van der Waals surface area contributed by atoms with E-state index >= 15 is 0 Å². The molecule has 3 rings (SSSR count). The Balaban J connectivity index is 1.68. The average Bonchev–Trinajstić information content (AvgIpc) is 2.82. The molecule has 0 aliphatic carbocycles. The molecule has 0 saturated heterocycles. The summed E-state index contributed by atoms with van der Waals surface area (Å²) in [5.74, 6) is -0.645. The first-order valence-corrected chi connectivity index (χ1v) is 11.5. The van der Waals surface area contributed by atoms with Crippen LogP contribution in [0, 0.1) is 0 Å². The van der Waals surface area contributed by atoms with Crippen molar-refractivity contribution in [3.8, 4) is 5.75 Å². The van der Waals surface area contributed by atoms with Gasteiger partial charge in [0.05, 0.1) is 11.2 Å². The van der Waals surface area contributed by atoms with E-state index in [2.05, 4.69) is 15.8 Å². The first-order valence-electron chi connectivity index (χ1n) is 10.4. The van der Waals surface area contributed by atoms with E-state index in [0.717, 1.165) is 11.1 Å². The Morgan fingerprint density at radius 2 is 1.62 bits per heavy atom. The number of benzene rings is 3. The maximum atomic E-state index is 12.9. The lowest BCUT2D eigenvalue weighted by atomic mass is 10.1. The summed E-state index contributed by atoms with van der Waals surface area (Å²) in [6.07, 6.45) is 0.843. The van der Waals surface area contributed by atoms with E-state index < -0.39 is 24.0 Å². The Hall–Kier alpha value is -3.06. The molecule has 176 valence electrons. The fourth-order valence-corrected chi connectivity index (χ4v) is 3.54. The fraction of sp³-hybridized carbons (Fsp3) is 0.160. The molecule has 0 radical (unpaired) electrons. The number of halogens is 3. The van der Waals surface area contributed by atoms with Crippen LogP contribution in [0.3, 0.4) is 0 Å². The van der Waals surface area contributed by atoms with Gasteiger partial charge >= 0.3 is 0 Å². The molecule has 0 bridgehead atoms. The lowest BCUT2D eigenvalue weighted by Gasteiger charge is -2.21. The summed E-state index contributed by atoms with van der Waals surface area (Å²) >= 11 is 17.9. The van der Waals surface area contributed by atoms with E-state index in [1.54, 1.807) is 43.3 Å². The molecule has 3 aromatic rings. The van der Waals surface area contributed by atoms with Crippen molar-refractivity contribution in [2.45, 2.75) is 25.5 Å². The summed E-state index contributed by atoms with van der Waals surface area (Å²) < 4.78 is 5.67. The zero-order valence-corrected chi connectivity index (χ0v) is 20.4. The molecule has 2 N–H and O–H groups in total. The van der Waals surface area contributed by atoms with Crippen LogP contribution in [0.25, 0.3) is 0 Å². The predicted molar refractivity (Wildman–Crippen MR) is 136 cm³/mol. The molecule has 0 aliphatic heterocycles. The molecule has 0 heterocycles. The zero-order valence-electron chi connectivity index (χ0n) is 18.2. The molecular formula is C25H22Cl3N3O3. The largest absolute Gasteiger partial charge is 0.479 e. The van der Waals surface area contributed by atoms with Gasteiger partial charge in [0.1, 0.15) is 11.8 Å². The summed E-state index contributed by atoms with van der Waals surface area (Å²) in [6.45, 7) is 1.57. The second-order valence-electron chi connectivity index (χ2n) is 7.37. The van der Waals surface area contributed by atoms with Crippen molar-refractivity contribution in [3.63, 3.8) is 0 Å². The Morgan fingerprint density at radius 1 is 0.941 bits per heavy atom. The summed E-state index contributed by atoms with van der Waals surface area (Å²) in [5.41, 5.74) is 4.12. The summed E-state index contributed by atoms with van der Waals surface area (Å²) in [4.78, 5) is 25.7. The van der Waals surface area contributed by atoms with Crippen LogP contribution in [0.15, 0.2) is 77.9 Å². The van der Waals surface area contributed by atoms with Crippen LogP contribution in [0.2, 0.25) is 15.1 Å². The molecule has 0 saturated carbocycles. The lowest BCUT2D eigenvalue weighted by molar-refractivity contribution is -0.132. The van der Waals surface area contributed by atoms with Crippen LogP contribution < -0.4 is 15.5 Å². The Labute approximate surface area is 212 Å². The van der Waals surface area contributed by atoms with Gasteiger partial charge < -0.3 is 10.1 Å². The van der Waals surface area contributed by atoms with Gasteiger partial charge in [0.25, 0.3) is 11.8 Å². The highest BCUT2D eigenvalue weighted by Crippen LogP contribution is 2.28. The van der Waals surface area contributed by atoms with Gasteiger partial charge in [-0.3, -0.25) is 9.59 Å². The van der Waals surface area contributed by atoms with Crippen LogP contribution in [-0.2, 0) is 16.0 Å². The number of hydrogen-bond donors (Lipinski definition) is 2. The first kappa shape index (κ1) is 25.6. The average molecular weight is 519 g/mol. The number of ether oxygens (including phenoxy) is 1. The third-order valence-corrected chi connectivity index (χ3v) is 5.52. The van der Waals surface area contributed by atoms with Crippen LogP contribution in [-0.4, -0.2) is 30.2 Å². The number of amides is 2. The van der Waals surface area contributed by atoms with Gasteiger partial charge in [-0.25, -0.2) is 5.43 Å². The molecule has 2 atom stereocenters. The number of rotatable bonds is 9. The van der Waals surface area contributed by atoms with Crippen molar-refractivity contribution in [1.29, 1.82) is 0 Å². The molecule has 0 unspecified atom stereocenters. The molecule has 3 aromatic carbocycles. The smallest absolute Gasteiger partial charge is 0.262 e. The van der Waals surface area contributed by atoms with Crippen LogP contribution in [0.5, 0.6) is 5.75 Å². The molecule has 0 spiro atoms. The third-order valence-electron chi connectivity index (χ3n) is 4.74. The van der Waals surface area contributed by atoms with E-state index in [-0.39, 0.29) is 11.4 Å². The molecule has 34 heavy (non-hydrogen) atoms. The summed E-state index contributed by atoms with van der Waals surface area (Å²) in [6, 6.07) is 20.1. The highest BCUT2D eigenvalue weighted by atomic mass is 35.5. The van der Waals surface area contributed by atoms with Crippen LogP contribution in [0.1, 0.15) is 18.1 Å². The second kappa shape index (κ2) is 12.4. The maximum Gasteiger partial charge on any atom is 0.262 e. The van der Waals surface area contributed by atoms with E-state index in [4.69, 9.17) is 39.5 Å². The number of hydrazone groups is 1. The number of nitrogens with one attached hydrogen (secondary N) is 2. The Morgan fingerprint density at radius 3 is 2.29 bits per heavy atom. The molecular weight excluding hydrogens is 497 g/mol. The SMILES string of the molecule is C[C@@H](Oc1ccc(Cl)cc1Cl)C(=O)N[C@@H](Cc1ccccc1)C(=O)N/N=C\c1ccc(Cl)cc1. The third kappa shape index (κ3) is 7.76. The fourth-order valence-electron chi connectivity index (χ4n) is 2.96. The van der Waals surface area contributed by atoms with Crippen molar-refractivity contribution < 1.29 is 14.3 Å². The number of carbonyl (C=O) groups is 2. The van der Waals surface area contributed by atoms with Gasteiger partial charge in [-0.1, -0.05) is 77.3 Å². The van der Waals surface area contributed by atoms with E-state index in [0.29, 0.717) is 15.8 Å². The molecule has 9 heteroatoms. The van der Waals surface area contributed by atoms with Crippen LogP contribution >= 0.6 is 34.8 Å². The highest BCUT2D eigenvalue weighted by molar-refractivity contribution is 6.35. The molecule has 2 amide bonds. The molecule has 0 aliphatic rings. The number of nitrogens with zero attached hydrogens (tertiary/aromatic N) is 1. The number of carbonyl (C=O) groups excluding carboxylic acids is 2. The van der Waals surface area contributed by atoms with Crippen molar-refractivity contribution in [3.05, 3.63) is 99.0 Å². The quantitative estimate of drug-likeness (QED) is 0.298. The van der Waals surface area contributed by atoms with Gasteiger partial charge in [-0.05, 0) is 48.4 Å². The topological polar surface area (TPSA) is 79.8 Å². The van der Waals surface area contributed by atoms with E-state index in [1.165, 1.54) is 12.3 Å². The van der Waals surface area contributed by atoms with Gasteiger partial charge in [-0.15, -0.1) is 0 Å². The first-order chi connectivity index (χ1) is 16.3. The Bertz CT molecular complexity index is 1160. The number of hydrogen-bond acceptors (Lipinski definition) is 4. The summed E-state index contributed by atoms with van der Waals surface area (Å²) in [5, 5.41) is 8.06. The van der Waals surface area contributed by atoms with E-state index in [9.17, 15) is 9.59 Å². The predicted octanol–water partition coefficient (Wildman–Crippen LogP) is 5.29. The zero-order chi connectivity index (χ0) is 24.5. The molecule has 0 fully saturated rings. The standard InChI is InChI=1S/C25H22Cl3N3O3/c1-16(34-23-12-11-20(27)14-21(23)28)24(32)30-22(13-17-5-3-2-4-6-17)25(33)31-29-15-18-7-9-19(26)10-8-18/h2-12,14-16,22H,13H2,1H3,(H,30,32)(H,31,33)/b29-15-/t16-,22+/m1/s1.